The second-order valence-electron chi connectivity index (χ2n) is 2.55. The zero-order valence-corrected chi connectivity index (χ0v) is 7.76. The first-order chi connectivity index (χ1) is 4.52. The van der Waals surface area contributed by atoms with E-state index in [4.69, 9.17) is 13.9 Å². The summed E-state index contributed by atoms with van der Waals surface area (Å²) in [5.74, 6) is 0. The molecule has 0 fully saturated rings. The van der Waals surface area contributed by atoms with E-state index in [2.05, 4.69) is 0 Å². The highest BCUT2D eigenvalue weighted by Crippen LogP contribution is 2.35. The molecule has 1 radical (unpaired) electrons. The Balaban J connectivity index is 0. The maximum absolute atomic E-state index is 9.01. The van der Waals surface area contributed by atoms with E-state index >= 15 is 0 Å². The van der Waals surface area contributed by atoms with Gasteiger partial charge in [-0.15, -0.1) is 0 Å². The van der Waals surface area contributed by atoms with Gasteiger partial charge in [-0.05, 0) is 27.7 Å². The Bertz CT molecular complexity index is 79.9. The van der Waals surface area contributed by atoms with Crippen molar-refractivity contribution in [2.75, 3.05) is 0 Å². The van der Waals surface area contributed by atoms with Crippen molar-refractivity contribution in [3.63, 3.8) is 0 Å². The minimum absolute atomic E-state index is 0. The molecule has 10 heavy (non-hydrogen) atoms. The van der Waals surface area contributed by atoms with E-state index in [1.165, 1.54) is 0 Å². The molecule has 1 N–H and O–H groups in total. The van der Waals surface area contributed by atoms with Crippen molar-refractivity contribution in [1.29, 1.82) is 0 Å². The van der Waals surface area contributed by atoms with Crippen LogP contribution in [-0.4, -0.2) is 17.1 Å². The van der Waals surface area contributed by atoms with Crippen LogP contribution in [0.25, 0.3) is 0 Å². The molecule has 0 amide bonds. The summed E-state index contributed by atoms with van der Waals surface area (Å²) in [5, 5.41) is 0. The Labute approximate surface area is 64.8 Å². The van der Waals surface area contributed by atoms with Crippen molar-refractivity contribution < 1.29 is 15.4 Å². The summed E-state index contributed by atoms with van der Waals surface area (Å²) in [6.45, 7) is 7.43. The molecular formula is C6H16O3P. The normalized spacial score (nSPS) is 12.0. The predicted molar refractivity (Wildman–Crippen MR) is 42.7 cm³/mol. The molecular weight excluding hydrogens is 151 g/mol. The van der Waals surface area contributed by atoms with Gasteiger partial charge in [-0.2, -0.15) is 0 Å². The summed E-state index contributed by atoms with van der Waals surface area (Å²) in [7, 11) is -1.66. The minimum atomic E-state index is -1.66. The molecule has 3 nitrogen and oxygen atoms in total. The van der Waals surface area contributed by atoms with Crippen LogP contribution in [0.15, 0.2) is 0 Å². The van der Waals surface area contributed by atoms with Crippen LogP contribution in [0.3, 0.4) is 0 Å². The zero-order chi connectivity index (χ0) is 8.15. The summed E-state index contributed by atoms with van der Waals surface area (Å²) in [4.78, 5) is 9.01. The van der Waals surface area contributed by atoms with Crippen LogP contribution in [-0.2, 0) is 9.05 Å². The summed E-state index contributed by atoms with van der Waals surface area (Å²) in [5.41, 5.74) is 0. The van der Waals surface area contributed by atoms with Gasteiger partial charge in [0.1, 0.15) is 0 Å². The van der Waals surface area contributed by atoms with Crippen molar-refractivity contribution >= 4 is 8.60 Å². The average Bonchev–Trinajstić information content (AvgIpc) is 1.58. The van der Waals surface area contributed by atoms with E-state index in [0.717, 1.165) is 0 Å². The minimum Gasteiger partial charge on any atom is -0.328 e. The van der Waals surface area contributed by atoms with Crippen molar-refractivity contribution in [3.05, 3.63) is 0 Å². The lowest BCUT2D eigenvalue weighted by Crippen LogP contribution is -2.03. The summed E-state index contributed by atoms with van der Waals surface area (Å²) in [6.07, 6.45) is 0.0460. The Kier molecular flexibility index (Phi) is 5.18. The molecule has 0 bridgehead atoms. The highest BCUT2D eigenvalue weighted by atomic mass is 31.2. The fourth-order valence-electron chi connectivity index (χ4n) is 0.386. The molecule has 63 valence electrons. The molecule has 0 aliphatic heterocycles. The first kappa shape index (κ1) is 10.3. The number of hydrogen-bond donors (Lipinski definition) is 1. The van der Waals surface area contributed by atoms with Crippen LogP contribution in [0.2, 0.25) is 0 Å². The third-order valence-corrected chi connectivity index (χ3v) is 1.81. The fraction of sp³-hybridized carbons (Fsp3) is 1.00. The van der Waals surface area contributed by atoms with Crippen LogP contribution >= 0.6 is 8.60 Å². The Morgan fingerprint density at radius 1 is 1.10 bits per heavy atom. The van der Waals surface area contributed by atoms with Crippen LogP contribution in [0.5, 0.6) is 0 Å². The lowest BCUT2D eigenvalue weighted by atomic mass is 10.5. The molecule has 0 spiro atoms. The van der Waals surface area contributed by atoms with Gasteiger partial charge in [0.25, 0.3) is 0 Å². The first-order valence-electron chi connectivity index (χ1n) is 3.35. The first-order valence-corrected chi connectivity index (χ1v) is 4.48. The van der Waals surface area contributed by atoms with E-state index in [1.54, 1.807) is 0 Å². The topological polar surface area (TPSA) is 38.7 Å². The van der Waals surface area contributed by atoms with E-state index in [1.807, 2.05) is 27.7 Å². The third kappa shape index (κ3) is 6.43. The lowest BCUT2D eigenvalue weighted by Gasteiger charge is -2.14. The largest absolute Gasteiger partial charge is 0.330 e. The Hall–Kier alpha value is 0.310. The molecule has 0 atom stereocenters. The Morgan fingerprint density at radius 2 is 1.40 bits per heavy atom. The van der Waals surface area contributed by atoms with Crippen LogP contribution in [0.1, 0.15) is 29.1 Å². The highest BCUT2D eigenvalue weighted by molar-refractivity contribution is 7.40. The van der Waals surface area contributed by atoms with Gasteiger partial charge < -0.3 is 13.9 Å². The summed E-state index contributed by atoms with van der Waals surface area (Å²) in [6, 6.07) is 0. The summed E-state index contributed by atoms with van der Waals surface area (Å²) < 4.78 is 9.92. The maximum Gasteiger partial charge on any atom is 0.330 e. The molecule has 4 heteroatoms. The number of rotatable bonds is 4. The van der Waals surface area contributed by atoms with Gasteiger partial charge in [0.2, 0.25) is 0 Å². The average molecular weight is 167 g/mol. The zero-order valence-electron chi connectivity index (χ0n) is 7.87. The standard InChI is InChI=1S/C6H15O3P.H/c1-5(2)8-10(7)9-6(3)4;/h5-7H,1-4H3;. The predicted octanol–water partition coefficient (Wildman–Crippen LogP) is 2.17. The fourth-order valence-corrected chi connectivity index (χ4v) is 1.16. The third-order valence-electron chi connectivity index (χ3n) is 0.602. The molecule has 0 aromatic carbocycles. The molecule has 0 aliphatic rings. The van der Waals surface area contributed by atoms with Gasteiger partial charge in [0.05, 0.1) is 12.2 Å². The summed E-state index contributed by atoms with van der Waals surface area (Å²) >= 11 is 0. The molecule has 0 saturated heterocycles. The maximum atomic E-state index is 9.01. The molecule has 0 saturated carbocycles. The van der Waals surface area contributed by atoms with Crippen molar-refractivity contribution in [1.82, 2.24) is 0 Å². The molecule has 0 heterocycles. The molecule has 0 aliphatic carbocycles. The van der Waals surface area contributed by atoms with Crippen LogP contribution < -0.4 is 0 Å². The Morgan fingerprint density at radius 3 is 1.60 bits per heavy atom. The van der Waals surface area contributed by atoms with Crippen molar-refractivity contribution in [3.8, 4) is 0 Å². The second kappa shape index (κ2) is 5.03. The lowest BCUT2D eigenvalue weighted by molar-refractivity contribution is 0.139. The smallest absolute Gasteiger partial charge is 0.328 e. The van der Waals surface area contributed by atoms with Gasteiger partial charge in [0, 0.05) is 1.43 Å². The van der Waals surface area contributed by atoms with Gasteiger partial charge >= 0.3 is 8.60 Å². The van der Waals surface area contributed by atoms with Gasteiger partial charge in [-0.3, -0.25) is 0 Å². The highest BCUT2D eigenvalue weighted by Gasteiger charge is 2.10. The van der Waals surface area contributed by atoms with E-state index in [-0.39, 0.29) is 13.6 Å². The monoisotopic (exact) mass is 167 g/mol. The quantitative estimate of drug-likeness (QED) is 0.652. The molecule has 0 unspecified atom stereocenters. The SMILES string of the molecule is CC(C)OP(O)OC(C)C.[H]. The van der Waals surface area contributed by atoms with Gasteiger partial charge in [-0.1, -0.05) is 0 Å². The molecule has 0 rings (SSSR count). The van der Waals surface area contributed by atoms with Gasteiger partial charge in [-0.25, -0.2) is 0 Å². The molecule has 0 aromatic heterocycles. The van der Waals surface area contributed by atoms with E-state index in [0.29, 0.717) is 0 Å². The van der Waals surface area contributed by atoms with E-state index in [9.17, 15) is 0 Å². The molecule has 0 aromatic rings. The van der Waals surface area contributed by atoms with Crippen LogP contribution in [0.4, 0.5) is 0 Å². The van der Waals surface area contributed by atoms with Crippen molar-refractivity contribution in [2.24, 2.45) is 0 Å². The number of hydrogen-bond acceptors (Lipinski definition) is 3. The second-order valence-corrected chi connectivity index (χ2v) is 3.44. The van der Waals surface area contributed by atoms with Gasteiger partial charge in [0.15, 0.2) is 0 Å². The van der Waals surface area contributed by atoms with Crippen molar-refractivity contribution in [2.45, 2.75) is 39.9 Å². The van der Waals surface area contributed by atoms with Crippen LogP contribution in [0, 0.1) is 0 Å². The van der Waals surface area contributed by atoms with E-state index < -0.39 is 8.60 Å².